The van der Waals surface area contributed by atoms with Crippen molar-refractivity contribution in [2.45, 2.75) is 33.1 Å². The minimum Gasteiger partial charge on any atom is -0.492 e. The quantitative estimate of drug-likeness (QED) is 0.728. The Labute approximate surface area is 119 Å². The Morgan fingerprint density at radius 3 is 2.63 bits per heavy atom. The van der Waals surface area contributed by atoms with Gasteiger partial charge in [0.05, 0.1) is 23.1 Å². The number of ether oxygens (including phenoxy) is 1. The molecule has 19 heavy (non-hydrogen) atoms. The number of hydrogen-bond donors (Lipinski definition) is 0. The topological polar surface area (TPSA) is 56.8 Å². The van der Waals surface area contributed by atoms with Gasteiger partial charge in [0.1, 0.15) is 17.4 Å². The lowest BCUT2D eigenvalue weighted by Crippen LogP contribution is -2.08. The van der Waals surface area contributed by atoms with Gasteiger partial charge in [-0.25, -0.2) is 0 Å². The summed E-state index contributed by atoms with van der Waals surface area (Å²) in [5, 5.41) is 18.3. The monoisotopic (exact) mass is 276 g/mol. The van der Waals surface area contributed by atoms with E-state index in [1.165, 1.54) is 0 Å². The lowest BCUT2D eigenvalue weighted by molar-refractivity contribution is 0.294. The zero-order valence-corrected chi connectivity index (χ0v) is 12.0. The Hall–Kier alpha value is -1.71. The average molecular weight is 277 g/mol. The van der Waals surface area contributed by atoms with Gasteiger partial charge in [-0.05, 0) is 45.2 Å². The van der Waals surface area contributed by atoms with Crippen LogP contribution in [0.15, 0.2) is 18.2 Å². The van der Waals surface area contributed by atoms with E-state index in [-0.39, 0.29) is 5.41 Å². The van der Waals surface area contributed by atoms with Crippen molar-refractivity contribution in [3.63, 3.8) is 0 Å². The second kappa shape index (κ2) is 7.02. The predicted octanol–water partition coefficient (Wildman–Crippen LogP) is 4.31. The molecule has 0 heterocycles. The van der Waals surface area contributed by atoms with Gasteiger partial charge < -0.3 is 4.74 Å². The molecule has 1 aromatic carbocycles. The van der Waals surface area contributed by atoms with Gasteiger partial charge in [-0.15, -0.1) is 0 Å². The number of unbranched alkanes of at least 4 members (excludes halogenated alkanes) is 1. The molecule has 0 radical (unpaired) electrons. The highest BCUT2D eigenvalue weighted by Gasteiger charge is 2.15. The van der Waals surface area contributed by atoms with E-state index in [4.69, 9.17) is 26.9 Å². The normalized spacial score (nSPS) is 10.6. The van der Waals surface area contributed by atoms with Crippen LogP contribution in [-0.2, 0) is 0 Å². The smallest absolute Gasteiger partial charge is 0.138 e. The van der Waals surface area contributed by atoms with Gasteiger partial charge in [-0.1, -0.05) is 17.7 Å². The molecule has 1 rings (SSSR count). The lowest BCUT2D eigenvalue weighted by atomic mass is 9.89. The summed E-state index contributed by atoms with van der Waals surface area (Å²) in [5.74, 6) is 0.523. The molecule has 100 valence electrons. The maximum Gasteiger partial charge on any atom is 0.138 e. The molecular formula is C15H17ClN2O. The zero-order valence-electron chi connectivity index (χ0n) is 11.2. The second-order valence-electron chi connectivity index (χ2n) is 5.03. The predicted molar refractivity (Wildman–Crippen MR) is 74.9 cm³/mol. The summed E-state index contributed by atoms with van der Waals surface area (Å²) in [6.45, 7) is 4.38. The fourth-order valence-corrected chi connectivity index (χ4v) is 1.85. The summed E-state index contributed by atoms with van der Waals surface area (Å²) in [7, 11) is 0. The second-order valence-corrected chi connectivity index (χ2v) is 5.43. The molecule has 1 aromatic rings. The van der Waals surface area contributed by atoms with Gasteiger partial charge in [-0.2, -0.15) is 10.5 Å². The van der Waals surface area contributed by atoms with Crippen LogP contribution in [0.3, 0.4) is 0 Å². The Morgan fingerprint density at radius 1 is 1.26 bits per heavy atom. The third-order valence-electron chi connectivity index (χ3n) is 2.84. The van der Waals surface area contributed by atoms with E-state index in [2.05, 4.69) is 6.07 Å². The first-order valence-corrected chi connectivity index (χ1v) is 6.60. The number of benzene rings is 1. The first kappa shape index (κ1) is 15.3. The number of hydrogen-bond acceptors (Lipinski definition) is 3. The summed E-state index contributed by atoms with van der Waals surface area (Å²) < 4.78 is 5.57. The maximum atomic E-state index is 8.99. The number of halogens is 1. The van der Waals surface area contributed by atoms with Crippen molar-refractivity contribution in [2.24, 2.45) is 5.41 Å². The highest BCUT2D eigenvalue weighted by molar-refractivity contribution is 6.31. The van der Waals surface area contributed by atoms with E-state index >= 15 is 0 Å². The zero-order chi connectivity index (χ0) is 14.3. The van der Waals surface area contributed by atoms with Crippen molar-refractivity contribution < 1.29 is 4.74 Å². The molecule has 0 aliphatic carbocycles. The van der Waals surface area contributed by atoms with Crippen LogP contribution in [0, 0.1) is 28.1 Å². The van der Waals surface area contributed by atoms with Crippen molar-refractivity contribution in [3.05, 3.63) is 28.8 Å². The summed E-state index contributed by atoms with van der Waals surface area (Å²) in [6.07, 6.45) is 2.61. The molecule has 0 atom stereocenters. The molecule has 0 aromatic heterocycles. The molecule has 0 fully saturated rings. The first-order chi connectivity index (χ1) is 9.00. The van der Waals surface area contributed by atoms with Gasteiger partial charge >= 0.3 is 0 Å². The van der Waals surface area contributed by atoms with Crippen LogP contribution in [0.5, 0.6) is 5.75 Å². The standard InChI is InChI=1S/C15H17ClN2O/c1-15(2,11-18)8-3-4-9-19-14-7-5-6-13(16)12(14)10-17/h5-7H,3-4,8-9H2,1-2H3. The fraction of sp³-hybridized carbons (Fsp3) is 0.467. The molecule has 0 unspecified atom stereocenters. The van der Waals surface area contributed by atoms with E-state index in [9.17, 15) is 0 Å². The first-order valence-electron chi connectivity index (χ1n) is 6.23. The largest absolute Gasteiger partial charge is 0.492 e. The Kier molecular flexibility index (Phi) is 5.67. The molecule has 0 amide bonds. The van der Waals surface area contributed by atoms with Crippen molar-refractivity contribution in [1.29, 1.82) is 10.5 Å². The molecule has 0 N–H and O–H groups in total. The third kappa shape index (κ3) is 4.81. The van der Waals surface area contributed by atoms with E-state index in [0.717, 1.165) is 19.3 Å². The van der Waals surface area contributed by atoms with Crippen LogP contribution in [0.1, 0.15) is 38.7 Å². The van der Waals surface area contributed by atoms with Crippen LogP contribution < -0.4 is 4.74 Å². The van der Waals surface area contributed by atoms with Crippen LogP contribution >= 0.6 is 11.6 Å². The Morgan fingerprint density at radius 2 is 2.00 bits per heavy atom. The number of nitrogens with zero attached hydrogens (tertiary/aromatic N) is 2. The highest BCUT2D eigenvalue weighted by Crippen LogP contribution is 2.26. The minimum absolute atomic E-state index is 0.284. The summed E-state index contributed by atoms with van der Waals surface area (Å²) in [4.78, 5) is 0. The third-order valence-corrected chi connectivity index (χ3v) is 3.16. The molecule has 4 heteroatoms. The minimum atomic E-state index is -0.284. The molecule has 0 bridgehead atoms. The molecular weight excluding hydrogens is 260 g/mol. The van der Waals surface area contributed by atoms with Crippen molar-refractivity contribution in [1.82, 2.24) is 0 Å². The van der Waals surface area contributed by atoms with Crippen LogP contribution in [0.4, 0.5) is 0 Å². The van der Waals surface area contributed by atoms with Crippen molar-refractivity contribution >= 4 is 11.6 Å². The molecule has 3 nitrogen and oxygen atoms in total. The van der Waals surface area contributed by atoms with Crippen molar-refractivity contribution in [2.75, 3.05) is 6.61 Å². The Bertz CT molecular complexity index is 512. The van der Waals surface area contributed by atoms with Crippen LogP contribution in [0.25, 0.3) is 0 Å². The lowest BCUT2D eigenvalue weighted by Gasteiger charge is -2.14. The van der Waals surface area contributed by atoms with Gasteiger partial charge in [-0.3, -0.25) is 0 Å². The highest BCUT2D eigenvalue weighted by atomic mass is 35.5. The van der Waals surface area contributed by atoms with E-state index < -0.39 is 0 Å². The molecule has 0 aliphatic rings. The summed E-state index contributed by atoms with van der Waals surface area (Å²) in [6, 6.07) is 9.48. The van der Waals surface area contributed by atoms with E-state index in [1.807, 2.05) is 19.9 Å². The SMILES string of the molecule is CC(C)(C#N)CCCCOc1cccc(Cl)c1C#N. The average Bonchev–Trinajstić information content (AvgIpc) is 2.38. The van der Waals surface area contributed by atoms with Gasteiger partial charge in [0.2, 0.25) is 0 Å². The maximum absolute atomic E-state index is 8.99. The molecule has 0 saturated carbocycles. The Balaban J connectivity index is 2.41. The molecule has 0 saturated heterocycles. The molecule has 0 aliphatic heterocycles. The fourth-order valence-electron chi connectivity index (χ4n) is 1.64. The summed E-state index contributed by atoms with van der Waals surface area (Å²) >= 11 is 5.91. The summed E-state index contributed by atoms with van der Waals surface area (Å²) in [5.41, 5.74) is 0.0925. The van der Waals surface area contributed by atoms with E-state index in [1.54, 1.807) is 18.2 Å². The number of nitriles is 2. The van der Waals surface area contributed by atoms with Crippen LogP contribution in [-0.4, -0.2) is 6.61 Å². The van der Waals surface area contributed by atoms with E-state index in [0.29, 0.717) is 22.9 Å². The van der Waals surface area contributed by atoms with Gasteiger partial charge in [0.15, 0.2) is 0 Å². The van der Waals surface area contributed by atoms with Gasteiger partial charge in [0, 0.05) is 0 Å². The van der Waals surface area contributed by atoms with Crippen molar-refractivity contribution in [3.8, 4) is 17.9 Å². The molecule has 0 spiro atoms. The number of rotatable bonds is 6. The van der Waals surface area contributed by atoms with Crippen LogP contribution in [0.2, 0.25) is 5.02 Å². The van der Waals surface area contributed by atoms with Gasteiger partial charge in [0.25, 0.3) is 0 Å².